The second-order valence-electron chi connectivity index (χ2n) is 3.62. The fraction of sp³-hybridized carbons (Fsp3) is 0.400. The van der Waals surface area contributed by atoms with Gasteiger partial charge in [0.1, 0.15) is 0 Å². The highest BCUT2D eigenvalue weighted by Gasteiger charge is 2.45. The van der Waals surface area contributed by atoms with Crippen molar-refractivity contribution in [1.82, 2.24) is 4.72 Å². The molecule has 0 bridgehead atoms. The number of hydrogen-bond acceptors (Lipinski definition) is 2. The largest absolute Gasteiger partial charge is 0.511 e. The third-order valence-electron chi connectivity index (χ3n) is 2.37. The van der Waals surface area contributed by atoms with Crippen LogP contribution in [0.4, 0.5) is 13.2 Å². The summed E-state index contributed by atoms with van der Waals surface area (Å²) < 4.78 is 60.2. The second-order valence-corrected chi connectivity index (χ2v) is 6.54. The van der Waals surface area contributed by atoms with Gasteiger partial charge in [-0.2, -0.15) is 13.2 Å². The van der Waals surface area contributed by atoms with Crippen LogP contribution in [0.5, 0.6) is 0 Å². The summed E-state index contributed by atoms with van der Waals surface area (Å²) in [7, 11) is -5.24. The van der Waals surface area contributed by atoms with E-state index in [4.69, 9.17) is 0 Å². The fourth-order valence-electron chi connectivity index (χ4n) is 1.32. The highest BCUT2D eigenvalue weighted by Crippen LogP contribution is 2.21. The Hall–Kier alpha value is -0.350. The van der Waals surface area contributed by atoms with E-state index in [1.165, 1.54) is 4.72 Å². The maximum absolute atomic E-state index is 12.1. The Morgan fingerprint density at radius 2 is 1.94 bits per heavy atom. The third kappa shape index (κ3) is 3.82. The molecule has 0 amide bonds. The van der Waals surface area contributed by atoms with Gasteiger partial charge in [0.25, 0.3) is 0 Å². The summed E-state index contributed by atoms with van der Waals surface area (Å²) in [6.45, 7) is 1.57. The third-order valence-corrected chi connectivity index (χ3v) is 4.73. The van der Waals surface area contributed by atoms with Crippen LogP contribution in [0.2, 0.25) is 0 Å². The number of hydrogen-bond donors (Lipinski definition) is 1. The average molecular weight is 393 g/mol. The lowest BCUT2D eigenvalue weighted by atomic mass is 10.1. The molecule has 1 aromatic carbocycles. The van der Waals surface area contributed by atoms with Gasteiger partial charge >= 0.3 is 15.5 Å². The van der Waals surface area contributed by atoms with Gasteiger partial charge in [-0.15, -0.1) is 0 Å². The van der Waals surface area contributed by atoms with E-state index in [1.807, 2.05) is 13.0 Å². The summed E-state index contributed by atoms with van der Waals surface area (Å²) in [5.41, 5.74) is -3.48. The fourth-order valence-corrected chi connectivity index (χ4v) is 2.41. The summed E-state index contributed by atoms with van der Waals surface area (Å²) in [5.74, 6) is 0. The topological polar surface area (TPSA) is 46.2 Å². The first-order valence-corrected chi connectivity index (χ1v) is 7.51. The molecule has 0 unspecified atom stereocenters. The Balaban J connectivity index is 2.66. The van der Waals surface area contributed by atoms with Crippen LogP contribution in [-0.2, 0) is 16.4 Å². The molecule has 0 radical (unpaired) electrons. The average Bonchev–Trinajstić information content (AvgIpc) is 2.22. The van der Waals surface area contributed by atoms with Crippen LogP contribution in [0.1, 0.15) is 11.1 Å². The van der Waals surface area contributed by atoms with Crippen molar-refractivity contribution in [3.63, 3.8) is 0 Å². The molecule has 102 valence electrons. The molecule has 0 aliphatic rings. The summed E-state index contributed by atoms with van der Waals surface area (Å²) in [4.78, 5) is 0. The zero-order valence-electron chi connectivity index (χ0n) is 9.38. The minimum atomic E-state index is -5.26. The number of alkyl halides is 3. The van der Waals surface area contributed by atoms with E-state index in [9.17, 15) is 21.6 Å². The van der Waals surface area contributed by atoms with Gasteiger partial charge in [-0.1, -0.05) is 12.1 Å². The summed E-state index contributed by atoms with van der Waals surface area (Å²) in [5, 5.41) is 0. The van der Waals surface area contributed by atoms with Crippen LogP contribution in [0, 0.1) is 10.5 Å². The lowest BCUT2D eigenvalue weighted by Crippen LogP contribution is -2.37. The van der Waals surface area contributed by atoms with Gasteiger partial charge in [-0.3, -0.25) is 0 Å². The first-order valence-electron chi connectivity index (χ1n) is 4.95. The van der Waals surface area contributed by atoms with Crippen LogP contribution in [-0.4, -0.2) is 20.5 Å². The summed E-state index contributed by atoms with van der Waals surface area (Å²) in [6, 6.07) is 5.42. The van der Waals surface area contributed by atoms with Crippen LogP contribution >= 0.6 is 22.6 Å². The van der Waals surface area contributed by atoms with Crippen molar-refractivity contribution in [2.75, 3.05) is 6.54 Å². The molecular formula is C10H11F3INO2S. The predicted octanol–water partition coefficient (Wildman–Crippen LogP) is 2.58. The Morgan fingerprint density at radius 3 is 2.50 bits per heavy atom. The molecule has 0 saturated heterocycles. The zero-order valence-corrected chi connectivity index (χ0v) is 12.4. The molecule has 0 aliphatic heterocycles. The van der Waals surface area contributed by atoms with Crippen molar-refractivity contribution in [2.24, 2.45) is 0 Å². The smallest absolute Gasteiger partial charge is 0.207 e. The molecule has 0 aromatic heterocycles. The molecule has 0 spiro atoms. The van der Waals surface area contributed by atoms with Crippen molar-refractivity contribution in [2.45, 2.75) is 18.9 Å². The molecule has 8 heteroatoms. The van der Waals surface area contributed by atoms with E-state index in [0.717, 1.165) is 14.7 Å². The van der Waals surface area contributed by atoms with Gasteiger partial charge < -0.3 is 0 Å². The molecule has 1 N–H and O–H groups in total. The molecule has 1 aromatic rings. The molecule has 1 rings (SSSR count). The van der Waals surface area contributed by atoms with Gasteiger partial charge in [-0.25, -0.2) is 13.1 Å². The molecule has 0 atom stereocenters. The van der Waals surface area contributed by atoms with Gasteiger partial charge in [0.15, 0.2) is 0 Å². The van der Waals surface area contributed by atoms with Crippen molar-refractivity contribution in [3.8, 4) is 0 Å². The number of benzene rings is 1. The van der Waals surface area contributed by atoms with Gasteiger partial charge in [-0.05, 0) is 53.1 Å². The van der Waals surface area contributed by atoms with Crippen LogP contribution < -0.4 is 4.72 Å². The van der Waals surface area contributed by atoms with Crippen LogP contribution in [0.15, 0.2) is 18.2 Å². The highest BCUT2D eigenvalue weighted by molar-refractivity contribution is 14.1. The van der Waals surface area contributed by atoms with Crippen LogP contribution in [0.3, 0.4) is 0 Å². The minimum absolute atomic E-state index is 0.220. The lowest BCUT2D eigenvalue weighted by Gasteiger charge is -2.11. The maximum atomic E-state index is 12.1. The number of halogens is 4. The van der Waals surface area contributed by atoms with E-state index >= 15 is 0 Å². The maximum Gasteiger partial charge on any atom is 0.511 e. The Bertz CT molecular complexity index is 528. The molecule has 3 nitrogen and oxygen atoms in total. The number of nitrogens with one attached hydrogen (secondary N) is 1. The first-order chi connectivity index (χ1) is 8.15. The molecule has 0 aliphatic carbocycles. The van der Waals surface area contributed by atoms with Crippen molar-refractivity contribution in [1.29, 1.82) is 0 Å². The van der Waals surface area contributed by atoms with E-state index in [1.54, 1.807) is 12.1 Å². The molecule has 0 saturated carbocycles. The van der Waals surface area contributed by atoms with E-state index < -0.39 is 15.5 Å². The second kappa shape index (κ2) is 5.74. The van der Waals surface area contributed by atoms with Crippen LogP contribution in [0.25, 0.3) is 0 Å². The standard InChI is InChI=1S/C10H11F3INO2S/c1-7-8(3-2-4-9(7)14)5-6-15-18(16,17)10(11,12)13/h2-4,15H,5-6H2,1H3. The zero-order chi connectivity index (χ0) is 14.0. The molecule has 0 heterocycles. The molecule has 0 fully saturated rings. The van der Waals surface area contributed by atoms with Crippen molar-refractivity contribution < 1.29 is 21.6 Å². The SMILES string of the molecule is Cc1c(I)cccc1CCNS(=O)(=O)C(F)(F)F. The molecular weight excluding hydrogens is 382 g/mol. The normalized spacial score (nSPS) is 12.7. The number of sulfonamides is 1. The predicted molar refractivity (Wildman–Crippen MR) is 70.6 cm³/mol. The Morgan fingerprint density at radius 1 is 1.33 bits per heavy atom. The van der Waals surface area contributed by atoms with E-state index in [0.29, 0.717) is 0 Å². The van der Waals surface area contributed by atoms with Crippen molar-refractivity contribution in [3.05, 3.63) is 32.9 Å². The van der Waals surface area contributed by atoms with Gasteiger partial charge in [0.2, 0.25) is 0 Å². The Kier molecular flexibility index (Phi) is 5.01. The summed E-state index contributed by atoms with van der Waals surface area (Å²) >= 11 is 2.11. The van der Waals surface area contributed by atoms with Gasteiger partial charge in [0.05, 0.1) is 0 Å². The monoisotopic (exact) mass is 393 g/mol. The minimum Gasteiger partial charge on any atom is -0.207 e. The quantitative estimate of drug-likeness (QED) is 0.800. The Labute approximate surface area is 117 Å². The van der Waals surface area contributed by atoms with Gasteiger partial charge in [0, 0.05) is 10.1 Å². The molecule has 18 heavy (non-hydrogen) atoms. The lowest BCUT2D eigenvalue weighted by molar-refractivity contribution is -0.0447. The highest BCUT2D eigenvalue weighted by atomic mass is 127. The summed E-state index contributed by atoms with van der Waals surface area (Å²) in [6.07, 6.45) is 0.220. The van der Waals surface area contributed by atoms with Crippen molar-refractivity contribution >= 4 is 32.6 Å². The van der Waals surface area contributed by atoms with E-state index in [2.05, 4.69) is 22.6 Å². The van der Waals surface area contributed by atoms with E-state index in [-0.39, 0.29) is 13.0 Å². The number of rotatable bonds is 4. The first kappa shape index (κ1) is 15.7.